The van der Waals surface area contributed by atoms with Crippen LogP contribution in [0.3, 0.4) is 0 Å². The van der Waals surface area contributed by atoms with Gasteiger partial charge in [0.2, 0.25) is 0 Å². The molecule has 4 fully saturated rings. The van der Waals surface area contributed by atoms with Gasteiger partial charge in [-0.1, -0.05) is 27.7 Å². The van der Waals surface area contributed by atoms with E-state index in [1.165, 1.54) is 12.8 Å². The largest absolute Gasteiger partial charge is 0.488 e. The molecule has 0 spiro atoms. The van der Waals surface area contributed by atoms with E-state index in [4.69, 9.17) is 9.31 Å². The predicted molar refractivity (Wildman–Crippen MR) is 61.5 cm³/mol. The molecule has 1 radical (unpaired) electrons. The molecule has 0 aromatic carbocycles. The lowest BCUT2D eigenvalue weighted by atomic mass is 9.43. The Hall–Kier alpha value is -0.0151. The topological polar surface area (TPSA) is 18.5 Å². The van der Waals surface area contributed by atoms with Crippen molar-refractivity contribution in [3.8, 4) is 0 Å². The van der Waals surface area contributed by atoms with Crippen molar-refractivity contribution in [2.24, 2.45) is 17.3 Å². The molecule has 0 amide bonds. The molecule has 1 saturated heterocycles. The molecular formula is C12H22BO2. The molecule has 0 aromatic rings. The van der Waals surface area contributed by atoms with E-state index >= 15 is 0 Å². The summed E-state index contributed by atoms with van der Waals surface area (Å²) in [7, 11) is 1.56. The standard InChI is InChI=1S/C10H16BO2.C2H6/c1-9(2)6-4-7(9)10(3)8(5-6)12-11-13-10;1-2/h6-8H,4-5H2,1-3H3;1-2H3/t6?,7?,8-,10+;/m1./s1. The van der Waals surface area contributed by atoms with Crippen LogP contribution in [0.15, 0.2) is 0 Å². The maximum absolute atomic E-state index is 5.68. The van der Waals surface area contributed by atoms with Crippen LogP contribution in [0.1, 0.15) is 47.5 Å². The molecule has 85 valence electrons. The lowest BCUT2D eigenvalue weighted by Crippen LogP contribution is -2.65. The van der Waals surface area contributed by atoms with E-state index in [2.05, 4.69) is 20.8 Å². The first-order chi connectivity index (χ1) is 7.05. The molecule has 3 heteroatoms. The highest BCUT2D eigenvalue weighted by Crippen LogP contribution is 2.65. The average molecular weight is 209 g/mol. The summed E-state index contributed by atoms with van der Waals surface area (Å²) >= 11 is 0. The Kier molecular flexibility index (Phi) is 2.67. The van der Waals surface area contributed by atoms with Gasteiger partial charge in [-0.2, -0.15) is 0 Å². The zero-order valence-electron chi connectivity index (χ0n) is 10.5. The lowest BCUT2D eigenvalue weighted by molar-refractivity contribution is -0.199. The predicted octanol–water partition coefficient (Wildman–Crippen LogP) is 2.79. The second-order valence-electron chi connectivity index (χ2n) is 5.56. The molecule has 3 aliphatic carbocycles. The first-order valence-corrected chi connectivity index (χ1v) is 6.20. The molecule has 2 nitrogen and oxygen atoms in total. The Morgan fingerprint density at radius 2 is 1.80 bits per heavy atom. The SMILES string of the molecule is CC.CC1(C)C2CC1[C@]1(C)O[B]O[C@@H]1C2. The van der Waals surface area contributed by atoms with Crippen molar-refractivity contribution >= 4 is 7.69 Å². The molecule has 2 bridgehead atoms. The third kappa shape index (κ3) is 1.32. The molecular weight excluding hydrogens is 187 g/mol. The van der Waals surface area contributed by atoms with E-state index in [9.17, 15) is 0 Å². The van der Waals surface area contributed by atoms with Gasteiger partial charge in [0.1, 0.15) is 0 Å². The third-order valence-corrected chi connectivity index (χ3v) is 4.82. The second-order valence-corrected chi connectivity index (χ2v) is 5.56. The van der Waals surface area contributed by atoms with Gasteiger partial charge in [0, 0.05) is 0 Å². The summed E-state index contributed by atoms with van der Waals surface area (Å²) in [6, 6.07) is 0. The molecule has 4 atom stereocenters. The van der Waals surface area contributed by atoms with E-state index in [-0.39, 0.29) is 5.60 Å². The Balaban J connectivity index is 0.000000404. The highest BCUT2D eigenvalue weighted by molar-refractivity contribution is 6.19. The van der Waals surface area contributed by atoms with Crippen LogP contribution in [0.5, 0.6) is 0 Å². The fourth-order valence-corrected chi connectivity index (χ4v) is 3.65. The first kappa shape index (κ1) is 11.5. The van der Waals surface area contributed by atoms with Gasteiger partial charge in [-0.05, 0) is 37.0 Å². The molecule has 3 saturated carbocycles. The van der Waals surface area contributed by atoms with Crippen molar-refractivity contribution in [3.05, 3.63) is 0 Å². The third-order valence-electron chi connectivity index (χ3n) is 4.82. The van der Waals surface area contributed by atoms with Gasteiger partial charge < -0.3 is 9.31 Å². The van der Waals surface area contributed by atoms with Crippen LogP contribution >= 0.6 is 0 Å². The van der Waals surface area contributed by atoms with Crippen molar-refractivity contribution in [2.75, 3.05) is 0 Å². The normalized spacial score (nSPS) is 49.3. The van der Waals surface area contributed by atoms with Crippen LogP contribution in [0.25, 0.3) is 0 Å². The minimum atomic E-state index is -0.0295. The molecule has 2 unspecified atom stereocenters. The minimum Gasteiger partial charge on any atom is -0.407 e. The summed E-state index contributed by atoms with van der Waals surface area (Å²) in [4.78, 5) is 0. The minimum absolute atomic E-state index is 0.0295. The summed E-state index contributed by atoms with van der Waals surface area (Å²) in [6.07, 6.45) is 2.83. The Labute approximate surface area is 94.0 Å². The molecule has 1 aliphatic heterocycles. The van der Waals surface area contributed by atoms with Gasteiger partial charge in [0.05, 0.1) is 11.7 Å². The van der Waals surface area contributed by atoms with Gasteiger partial charge in [-0.15, -0.1) is 0 Å². The highest BCUT2D eigenvalue weighted by atomic mass is 16.6. The summed E-state index contributed by atoms with van der Waals surface area (Å²) in [5.41, 5.74) is 0.436. The van der Waals surface area contributed by atoms with Crippen molar-refractivity contribution in [2.45, 2.75) is 59.2 Å². The van der Waals surface area contributed by atoms with Crippen LogP contribution in [0.2, 0.25) is 0 Å². The molecule has 4 rings (SSSR count). The Morgan fingerprint density at radius 1 is 1.13 bits per heavy atom. The van der Waals surface area contributed by atoms with Crippen LogP contribution in [0.4, 0.5) is 0 Å². The number of hydrogen-bond acceptors (Lipinski definition) is 2. The van der Waals surface area contributed by atoms with Crippen LogP contribution in [0, 0.1) is 17.3 Å². The smallest absolute Gasteiger partial charge is 0.407 e. The first-order valence-electron chi connectivity index (χ1n) is 6.20. The average Bonchev–Trinajstić information content (AvgIpc) is 2.61. The van der Waals surface area contributed by atoms with Crippen molar-refractivity contribution < 1.29 is 9.31 Å². The van der Waals surface area contributed by atoms with E-state index in [1.807, 2.05) is 13.8 Å². The van der Waals surface area contributed by atoms with Crippen LogP contribution < -0.4 is 0 Å². The van der Waals surface area contributed by atoms with Gasteiger partial charge in [-0.3, -0.25) is 0 Å². The Bertz CT molecular complexity index is 254. The quantitative estimate of drug-likeness (QED) is 0.571. The lowest BCUT2D eigenvalue weighted by Gasteiger charge is -2.64. The zero-order chi connectivity index (χ0) is 11.3. The molecule has 4 aliphatic rings. The molecule has 15 heavy (non-hydrogen) atoms. The number of hydrogen-bond donors (Lipinski definition) is 0. The van der Waals surface area contributed by atoms with Crippen molar-refractivity contribution in [1.29, 1.82) is 0 Å². The van der Waals surface area contributed by atoms with Gasteiger partial charge >= 0.3 is 7.69 Å². The van der Waals surface area contributed by atoms with Gasteiger partial charge in [-0.25, -0.2) is 0 Å². The molecule has 0 N–H and O–H groups in total. The maximum atomic E-state index is 5.68. The number of rotatable bonds is 0. The van der Waals surface area contributed by atoms with Crippen LogP contribution in [-0.2, 0) is 9.31 Å². The van der Waals surface area contributed by atoms with Gasteiger partial charge in [0.15, 0.2) is 0 Å². The second kappa shape index (κ2) is 3.49. The van der Waals surface area contributed by atoms with E-state index in [0.29, 0.717) is 17.4 Å². The van der Waals surface area contributed by atoms with Gasteiger partial charge in [0.25, 0.3) is 0 Å². The fraction of sp³-hybridized carbons (Fsp3) is 1.00. The maximum Gasteiger partial charge on any atom is 0.488 e. The monoisotopic (exact) mass is 209 g/mol. The molecule has 0 aromatic heterocycles. The van der Waals surface area contributed by atoms with Crippen LogP contribution in [-0.4, -0.2) is 19.4 Å². The molecule has 1 heterocycles. The van der Waals surface area contributed by atoms with E-state index in [1.54, 1.807) is 7.69 Å². The summed E-state index contributed by atoms with van der Waals surface area (Å²) in [5, 5.41) is 0. The summed E-state index contributed by atoms with van der Waals surface area (Å²) in [6.45, 7) is 11.0. The Morgan fingerprint density at radius 3 is 2.40 bits per heavy atom. The van der Waals surface area contributed by atoms with E-state index in [0.717, 1.165) is 5.92 Å². The van der Waals surface area contributed by atoms with Crippen molar-refractivity contribution in [3.63, 3.8) is 0 Å². The van der Waals surface area contributed by atoms with Crippen molar-refractivity contribution in [1.82, 2.24) is 0 Å². The fourth-order valence-electron chi connectivity index (χ4n) is 3.65. The van der Waals surface area contributed by atoms with E-state index < -0.39 is 0 Å². The highest BCUT2D eigenvalue weighted by Gasteiger charge is 2.65. The summed E-state index contributed by atoms with van der Waals surface area (Å²) < 4.78 is 11.2. The zero-order valence-corrected chi connectivity index (χ0v) is 10.5. The summed E-state index contributed by atoms with van der Waals surface area (Å²) in [5.74, 6) is 1.54.